The molecular weight excluding hydrogens is 891 g/mol. The summed E-state index contributed by atoms with van der Waals surface area (Å²) in [5, 5.41) is 2.69. The molecule has 0 spiro atoms. The molecule has 11 aromatic rings. The summed E-state index contributed by atoms with van der Waals surface area (Å²) in [7, 11) is 0. The molecule has 11 aromatic carbocycles. The number of rotatable bonds is 9. The normalized spacial score (nSPS) is 16.3. The van der Waals surface area contributed by atoms with Crippen LogP contribution in [0.2, 0.25) is 0 Å². The van der Waals surface area contributed by atoms with Crippen molar-refractivity contribution in [2.45, 2.75) is 55.8 Å². The lowest BCUT2D eigenvalue weighted by molar-refractivity contribution is 0.445. The summed E-state index contributed by atoms with van der Waals surface area (Å²) in [6, 6.07) is 98.5. The molecule has 0 aromatic heterocycles. The molecule has 0 bridgehead atoms. The maximum Gasteiger partial charge on any atom is 0.0713 e. The first kappa shape index (κ1) is 44.2. The average molecular weight is 948 g/mol. The van der Waals surface area contributed by atoms with E-state index in [0.29, 0.717) is 5.92 Å². The van der Waals surface area contributed by atoms with E-state index < -0.39 is 5.41 Å². The summed E-state index contributed by atoms with van der Waals surface area (Å²) >= 11 is 0. The molecule has 0 radical (unpaired) electrons. The number of nitrogens with zero attached hydrogens (tertiary/aromatic N) is 1. The van der Waals surface area contributed by atoms with E-state index in [1.54, 1.807) is 0 Å². The second-order valence-electron chi connectivity index (χ2n) is 21.0. The van der Waals surface area contributed by atoms with E-state index in [4.69, 9.17) is 0 Å². The smallest absolute Gasteiger partial charge is 0.0713 e. The first-order valence-corrected chi connectivity index (χ1v) is 26.8. The molecule has 1 nitrogen and oxygen atoms in total. The minimum Gasteiger partial charge on any atom is -0.309 e. The first-order chi connectivity index (χ1) is 36.6. The molecule has 1 unspecified atom stereocenters. The highest BCUT2D eigenvalue weighted by atomic mass is 15.1. The minimum atomic E-state index is -0.521. The van der Waals surface area contributed by atoms with E-state index in [-0.39, 0.29) is 5.41 Å². The SMILES string of the molecule is CC1(c2ccccc2)c2ccccc2-c2ccc(N(c3ccccc3-c3cccc4c3-c3ccccc3C4(c3ccccc3)c3ccccc3)c3ccccc3-c3cccc4cccc(C5CCCCC5)c34)cc21. The van der Waals surface area contributed by atoms with Crippen LogP contribution in [0, 0.1) is 0 Å². The van der Waals surface area contributed by atoms with Gasteiger partial charge in [-0.2, -0.15) is 0 Å². The fourth-order valence-corrected chi connectivity index (χ4v) is 14.0. The van der Waals surface area contributed by atoms with Gasteiger partial charge in [0.2, 0.25) is 0 Å². The molecule has 354 valence electrons. The molecule has 1 atom stereocenters. The number of anilines is 3. The molecule has 1 fully saturated rings. The molecule has 3 aliphatic rings. The van der Waals surface area contributed by atoms with E-state index in [0.717, 1.165) is 17.1 Å². The molecule has 0 N–H and O–H groups in total. The van der Waals surface area contributed by atoms with E-state index in [1.165, 1.54) is 132 Å². The van der Waals surface area contributed by atoms with Crippen molar-refractivity contribution in [1.29, 1.82) is 0 Å². The molecule has 14 rings (SSSR count). The second kappa shape index (κ2) is 17.9. The molecule has 0 saturated heterocycles. The summed E-state index contributed by atoms with van der Waals surface area (Å²) in [5.41, 5.74) is 23.2. The molecule has 0 aliphatic heterocycles. The number of hydrogen-bond acceptors (Lipinski definition) is 1. The third-order valence-electron chi connectivity index (χ3n) is 17.2. The summed E-state index contributed by atoms with van der Waals surface area (Å²) in [4.78, 5) is 2.60. The van der Waals surface area contributed by atoms with Gasteiger partial charge in [0.25, 0.3) is 0 Å². The van der Waals surface area contributed by atoms with Gasteiger partial charge in [0.1, 0.15) is 0 Å². The molecule has 3 aliphatic carbocycles. The highest BCUT2D eigenvalue weighted by Crippen LogP contribution is 2.60. The summed E-state index contributed by atoms with van der Waals surface area (Å²) in [6.07, 6.45) is 6.40. The number of para-hydroxylation sites is 2. The Morgan fingerprint density at radius 2 is 0.838 bits per heavy atom. The predicted molar refractivity (Wildman–Crippen MR) is 310 cm³/mol. The van der Waals surface area contributed by atoms with Gasteiger partial charge in [-0.25, -0.2) is 0 Å². The fraction of sp³-hybridized carbons (Fsp3) is 0.123. The molecule has 74 heavy (non-hydrogen) atoms. The third-order valence-corrected chi connectivity index (χ3v) is 17.2. The van der Waals surface area contributed by atoms with Gasteiger partial charge in [-0.1, -0.05) is 256 Å². The maximum atomic E-state index is 2.60. The maximum absolute atomic E-state index is 2.60. The van der Waals surface area contributed by atoms with Crippen LogP contribution in [-0.4, -0.2) is 0 Å². The van der Waals surface area contributed by atoms with Gasteiger partial charge in [0, 0.05) is 22.2 Å². The lowest BCUT2D eigenvalue weighted by Crippen LogP contribution is -2.28. The van der Waals surface area contributed by atoms with Crippen molar-refractivity contribution >= 4 is 27.8 Å². The largest absolute Gasteiger partial charge is 0.309 e. The Morgan fingerprint density at radius 1 is 0.351 bits per heavy atom. The van der Waals surface area contributed by atoms with Crippen molar-refractivity contribution in [2.24, 2.45) is 0 Å². The molecule has 0 heterocycles. The lowest BCUT2D eigenvalue weighted by atomic mass is 9.67. The summed E-state index contributed by atoms with van der Waals surface area (Å²) in [5.74, 6) is 0.550. The Kier molecular flexibility index (Phi) is 10.7. The fourth-order valence-electron chi connectivity index (χ4n) is 14.0. The average Bonchev–Trinajstić information content (AvgIpc) is 4.01. The highest BCUT2D eigenvalue weighted by molar-refractivity contribution is 6.06. The van der Waals surface area contributed by atoms with Gasteiger partial charge < -0.3 is 4.90 Å². The summed E-state index contributed by atoms with van der Waals surface area (Å²) in [6.45, 7) is 2.43. The van der Waals surface area contributed by atoms with Crippen molar-refractivity contribution in [3.05, 3.63) is 305 Å². The number of hydrogen-bond donors (Lipinski definition) is 0. The Hall–Kier alpha value is -8.52. The highest BCUT2D eigenvalue weighted by Gasteiger charge is 2.47. The topological polar surface area (TPSA) is 3.24 Å². The van der Waals surface area contributed by atoms with E-state index in [2.05, 4.69) is 273 Å². The van der Waals surface area contributed by atoms with Crippen molar-refractivity contribution in [2.75, 3.05) is 4.90 Å². The third kappa shape index (κ3) is 6.69. The zero-order chi connectivity index (χ0) is 49.2. The van der Waals surface area contributed by atoms with Crippen LogP contribution in [-0.2, 0) is 10.8 Å². The van der Waals surface area contributed by atoms with Crippen LogP contribution < -0.4 is 4.90 Å². The van der Waals surface area contributed by atoms with Gasteiger partial charge in [0.15, 0.2) is 0 Å². The zero-order valence-corrected chi connectivity index (χ0v) is 41.9. The molecule has 1 saturated carbocycles. The van der Waals surface area contributed by atoms with Gasteiger partial charge >= 0.3 is 0 Å². The van der Waals surface area contributed by atoms with Crippen molar-refractivity contribution in [3.63, 3.8) is 0 Å². The standard InChI is InChI=1S/C73H57N/c1-72(52-29-8-3-9-30-52)64-42-18-14-35-57(64)58-48-47-55(49-67(58)72)74(68-45-20-16-36-59(68)61-40-23-28-51-27-22-39-56(70(51)61)50-25-6-2-7-26-50)69-46-21-17-37-60(69)62-41-24-44-66-71(62)63-38-15-19-43-65(63)73(66,53-31-10-4-11-32-53)54-33-12-5-13-34-54/h3-5,8-24,27-50H,2,6-7,25-26H2,1H3. The first-order valence-electron chi connectivity index (χ1n) is 26.8. The van der Waals surface area contributed by atoms with Gasteiger partial charge in [-0.3, -0.25) is 0 Å². The van der Waals surface area contributed by atoms with Crippen LogP contribution in [0.1, 0.15) is 89.5 Å². The Labute approximate surface area is 436 Å². The Balaban J connectivity index is 1.05. The second-order valence-corrected chi connectivity index (χ2v) is 21.0. The van der Waals surface area contributed by atoms with Crippen molar-refractivity contribution < 1.29 is 0 Å². The van der Waals surface area contributed by atoms with E-state index in [1.807, 2.05) is 0 Å². The van der Waals surface area contributed by atoms with Crippen LogP contribution in [0.25, 0.3) is 55.3 Å². The Morgan fingerprint density at radius 3 is 1.51 bits per heavy atom. The van der Waals surface area contributed by atoms with Gasteiger partial charge in [0.05, 0.1) is 16.8 Å². The van der Waals surface area contributed by atoms with Crippen molar-refractivity contribution in [1.82, 2.24) is 0 Å². The molecular formula is C73H57N. The van der Waals surface area contributed by atoms with Gasteiger partial charge in [-0.15, -0.1) is 0 Å². The van der Waals surface area contributed by atoms with Crippen LogP contribution in [0.5, 0.6) is 0 Å². The minimum absolute atomic E-state index is 0.374. The van der Waals surface area contributed by atoms with Crippen LogP contribution >= 0.6 is 0 Å². The summed E-state index contributed by atoms with van der Waals surface area (Å²) < 4.78 is 0. The van der Waals surface area contributed by atoms with E-state index in [9.17, 15) is 0 Å². The monoisotopic (exact) mass is 947 g/mol. The molecule has 1 heteroatoms. The van der Waals surface area contributed by atoms with E-state index >= 15 is 0 Å². The molecule has 0 amide bonds. The zero-order valence-electron chi connectivity index (χ0n) is 41.9. The van der Waals surface area contributed by atoms with Crippen LogP contribution in [0.3, 0.4) is 0 Å². The van der Waals surface area contributed by atoms with Crippen LogP contribution in [0.15, 0.2) is 261 Å². The van der Waals surface area contributed by atoms with Crippen LogP contribution in [0.4, 0.5) is 17.1 Å². The number of benzene rings is 11. The predicted octanol–water partition coefficient (Wildman–Crippen LogP) is 19.4. The van der Waals surface area contributed by atoms with Crippen molar-refractivity contribution in [3.8, 4) is 44.5 Å². The quantitative estimate of drug-likeness (QED) is 0.139. The number of fused-ring (bicyclic) bond motifs is 7. The van der Waals surface area contributed by atoms with Gasteiger partial charge in [-0.05, 0) is 139 Å². The lowest BCUT2D eigenvalue weighted by Gasteiger charge is -2.34. The Bertz CT molecular complexity index is 3860.